The van der Waals surface area contributed by atoms with Crippen molar-refractivity contribution in [3.8, 4) is 11.5 Å². The van der Waals surface area contributed by atoms with Gasteiger partial charge in [-0.3, -0.25) is 9.69 Å². The van der Waals surface area contributed by atoms with Crippen LogP contribution in [0.25, 0.3) is 0 Å². The third-order valence-corrected chi connectivity index (χ3v) is 4.45. The van der Waals surface area contributed by atoms with E-state index in [0.29, 0.717) is 6.42 Å². The highest BCUT2D eigenvalue weighted by molar-refractivity contribution is 5.74. The lowest BCUT2D eigenvalue weighted by atomic mass is 10.0. The van der Waals surface area contributed by atoms with Gasteiger partial charge < -0.3 is 9.84 Å². The average molecular weight is 325 g/mol. The molecule has 1 fully saturated rings. The van der Waals surface area contributed by atoms with Crippen molar-refractivity contribution in [2.24, 2.45) is 0 Å². The van der Waals surface area contributed by atoms with Crippen molar-refractivity contribution in [3.63, 3.8) is 0 Å². The normalized spacial score (nSPS) is 16.5. The van der Waals surface area contributed by atoms with E-state index in [0.717, 1.165) is 43.0 Å². The molecular formula is C20H23NO3. The van der Waals surface area contributed by atoms with E-state index in [-0.39, 0.29) is 0 Å². The molecule has 2 aromatic carbocycles. The largest absolute Gasteiger partial charge is 0.480 e. The van der Waals surface area contributed by atoms with Gasteiger partial charge in [0.05, 0.1) is 0 Å². The molecule has 0 saturated carbocycles. The van der Waals surface area contributed by atoms with E-state index in [2.05, 4.69) is 4.90 Å². The highest BCUT2D eigenvalue weighted by atomic mass is 16.5. The molecule has 0 spiro atoms. The Hall–Kier alpha value is -2.33. The van der Waals surface area contributed by atoms with Crippen LogP contribution in [-0.4, -0.2) is 35.1 Å². The predicted octanol–water partition coefficient (Wildman–Crippen LogP) is 3.96. The van der Waals surface area contributed by atoms with Crippen molar-refractivity contribution in [2.75, 3.05) is 13.1 Å². The van der Waals surface area contributed by atoms with Crippen LogP contribution in [0.3, 0.4) is 0 Å². The predicted molar refractivity (Wildman–Crippen MR) is 93.5 cm³/mol. The fourth-order valence-electron chi connectivity index (χ4n) is 3.14. The van der Waals surface area contributed by atoms with Crippen molar-refractivity contribution in [2.45, 2.75) is 31.7 Å². The molecular weight excluding hydrogens is 302 g/mol. The third-order valence-electron chi connectivity index (χ3n) is 4.45. The van der Waals surface area contributed by atoms with Crippen LogP contribution in [0.1, 0.15) is 24.8 Å². The molecule has 4 heteroatoms. The Kier molecular flexibility index (Phi) is 5.49. The van der Waals surface area contributed by atoms with Crippen LogP contribution in [0.4, 0.5) is 0 Å². The van der Waals surface area contributed by atoms with E-state index in [9.17, 15) is 9.90 Å². The summed E-state index contributed by atoms with van der Waals surface area (Å²) in [5, 5.41) is 9.57. The number of para-hydroxylation sites is 1. The SMILES string of the molecule is O=C(O)[C@H](Cc1ccc(Oc2ccccc2)cc1)N1CCCCC1. The molecule has 0 unspecified atom stereocenters. The first kappa shape index (κ1) is 16.5. The minimum absolute atomic E-state index is 0.439. The molecule has 1 saturated heterocycles. The molecule has 0 radical (unpaired) electrons. The first-order valence-corrected chi connectivity index (χ1v) is 8.51. The second-order valence-electron chi connectivity index (χ2n) is 6.21. The summed E-state index contributed by atoms with van der Waals surface area (Å²) in [5.74, 6) is 0.818. The van der Waals surface area contributed by atoms with Gasteiger partial charge in [-0.15, -0.1) is 0 Å². The first-order chi connectivity index (χ1) is 11.7. The molecule has 24 heavy (non-hydrogen) atoms. The van der Waals surface area contributed by atoms with Crippen molar-refractivity contribution >= 4 is 5.97 Å². The number of hydrogen-bond donors (Lipinski definition) is 1. The van der Waals surface area contributed by atoms with Crippen molar-refractivity contribution in [1.29, 1.82) is 0 Å². The van der Waals surface area contributed by atoms with E-state index in [1.54, 1.807) is 0 Å². The number of aliphatic carboxylic acids is 1. The zero-order valence-electron chi connectivity index (χ0n) is 13.7. The van der Waals surface area contributed by atoms with Gasteiger partial charge in [-0.25, -0.2) is 0 Å². The summed E-state index contributed by atoms with van der Waals surface area (Å²) in [4.78, 5) is 13.7. The van der Waals surface area contributed by atoms with E-state index in [4.69, 9.17) is 4.74 Å². The molecule has 2 aromatic rings. The van der Waals surface area contributed by atoms with Gasteiger partial charge in [0, 0.05) is 0 Å². The van der Waals surface area contributed by atoms with Crippen molar-refractivity contribution < 1.29 is 14.6 Å². The van der Waals surface area contributed by atoms with Gasteiger partial charge in [0.25, 0.3) is 0 Å². The fraction of sp³-hybridized carbons (Fsp3) is 0.350. The third kappa shape index (κ3) is 4.36. The standard InChI is InChI=1S/C20H23NO3/c22-20(23)19(21-13-5-2-6-14-21)15-16-9-11-18(12-10-16)24-17-7-3-1-4-8-17/h1,3-4,7-12,19H,2,5-6,13-15H2,(H,22,23)/t19-/m0/s1. The molecule has 0 amide bonds. The number of carboxylic acid groups (broad SMARTS) is 1. The van der Waals surface area contributed by atoms with Gasteiger partial charge in [0.2, 0.25) is 0 Å². The fourth-order valence-corrected chi connectivity index (χ4v) is 3.14. The van der Waals surface area contributed by atoms with Gasteiger partial charge in [0.1, 0.15) is 17.5 Å². The van der Waals surface area contributed by atoms with Crippen molar-refractivity contribution in [3.05, 3.63) is 60.2 Å². The number of nitrogens with zero attached hydrogens (tertiary/aromatic N) is 1. The second-order valence-corrected chi connectivity index (χ2v) is 6.21. The number of carbonyl (C=O) groups is 1. The monoisotopic (exact) mass is 325 g/mol. The number of piperidine rings is 1. The Morgan fingerprint density at radius 2 is 1.58 bits per heavy atom. The molecule has 0 bridgehead atoms. The Morgan fingerprint density at radius 3 is 2.21 bits per heavy atom. The lowest BCUT2D eigenvalue weighted by Gasteiger charge is -2.32. The number of likely N-dealkylation sites (tertiary alicyclic amines) is 1. The number of ether oxygens (including phenoxy) is 1. The minimum atomic E-state index is -0.735. The maximum absolute atomic E-state index is 11.6. The lowest BCUT2D eigenvalue weighted by Crippen LogP contribution is -2.45. The lowest BCUT2D eigenvalue weighted by molar-refractivity contribution is -0.143. The Bertz CT molecular complexity index is 648. The number of hydrogen-bond acceptors (Lipinski definition) is 3. The Labute approximate surface area is 142 Å². The minimum Gasteiger partial charge on any atom is -0.480 e. The van der Waals surface area contributed by atoms with Gasteiger partial charge in [-0.05, 0) is 62.2 Å². The highest BCUT2D eigenvalue weighted by Crippen LogP contribution is 2.22. The summed E-state index contributed by atoms with van der Waals surface area (Å²) in [6.07, 6.45) is 3.91. The molecule has 1 N–H and O–H groups in total. The quantitative estimate of drug-likeness (QED) is 0.873. The number of rotatable bonds is 6. The Balaban J connectivity index is 1.64. The summed E-state index contributed by atoms with van der Waals surface area (Å²) < 4.78 is 5.78. The summed E-state index contributed by atoms with van der Waals surface area (Å²) >= 11 is 0. The van der Waals surface area contributed by atoms with E-state index >= 15 is 0 Å². The number of benzene rings is 2. The van der Waals surface area contributed by atoms with Gasteiger partial charge in [-0.2, -0.15) is 0 Å². The van der Waals surface area contributed by atoms with Crippen LogP contribution in [0, 0.1) is 0 Å². The maximum atomic E-state index is 11.6. The van der Waals surface area contributed by atoms with E-state index in [1.165, 1.54) is 6.42 Å². The van der Waals surface area contributed by atoms with Gasteiger partial charge in [0.15, 0.2) is 0 Å². The highest BCUT2D eigenvalue weighted by Gasteiger charge is 2.26. The van der Waals surface area contributed by atoms with Gasteiger partial charge in [-0.1, -0.05) is 36.8 Å². The first-order valence-electron chi connectivity index (χ1n) is 8.51. The van der Waals surface area contributed by atoms with Crippen molar-refractivity contribution in [1.82, 2.24) is 4.90 Å². The van der Waals surface area contributed by atoms with Crippen LogP contribution in [0.2, 0.25) is 0 Å². The van der Waals surface area contributed by atoms with Gasteiger partial charge >= 0.3 is 5.97 Å². The molecule has 1 aliphatic rings. The van der Waals surface area contributed by atoms with E-state index < -0.39 is 12.0 Å². The summed E-state index contributed by atoms with van der Waals surface area (Å²) in [7, 11) is 0. The zero-order valence-corrected chi connectivity index (χ0v) is 13.7. The maximum Gasteiger partial charge on any atom is 0.321 e. The summed E-state index contributed by atoms with van der Waals surface area (Å²) in [5.41, 5.74) is 1.02. The molecule has 1 atom stereocenters. The van der Waals surface area contributed by atoms with Crippen LogP contribution in [0.15, 0.2) is 54.6 Å². The molecule has 1 heterocycles. The smallest absolute Gasteiger partial charge is 0.321 e. The second kappa shape index (κ2) is 7.97. The molecule has 0 aromatic heterocycles. The molecule has 1 aliphatic heterocycles. The Morgan fingerprint density at radius 1 is 0.958 bits per heavy atom. The summed E-state index contributed by atoms with van der Waals surface area (Å²) in [6.45, 7) is 1.76. The molecule has 3 rings (SSSR count). The zero-order chi connectivity index (χ0) is 16.8. The average Bonchev–Trinajstić information content (AvgIpc) is 2.62. The van der Waals surface area contributed by atoms with Crippen LogP contribution in [-0.2, 0) is 11.2 Å². The van der Waals surface area contributed by atoms with E-state index in [1.807, 2.05) is 54.6 Å². The molecule has 4 nitrogen and oxygen atoms in total. The van der Waals surface area contributed by atoms with Crippen LogP contribution < -0.4 is 4.74 Å². The molecule has 126 valence electrons. The molecule has 0 aliphatic carbocycles. The van der Waals surface area contributed by atoms with Crippen LogP contribution >= 0.6 is 0 Å². The topological polar surface area (TPSA) is 49.8 Å². The number of carboxylic acids is 1. The summed E-state index contributed by atoms with van der Waals surface area (Å²) in [6, 6.07) is 16.9. The van der Waals surface area contributed by atoms with Crippen LogP contribution in [0.5, 0.6) is 11.5 Å².